The number of nitrogens with zero attached hydrogens (tertiary/aromatic N) is 1. The number of hydrogen-bond donors (Lipinski definition) is 2. The van der Waals surface area contributed by atoms with Gasteiger partial charge in [-0.2, -0.15) is 5.10 Å². The van der Waals surface area contributed by atoms with Crippen LogP contribution in [-0.2, 0) is 6.61 Å². The first-order chi connectivity index (χ1) is 10.2. The third-order valence-corrected chi connectivity index (χ3v) is 3.62. The van der Waals surface area contributed by atoms with Crippen LogP contribution in [0.5, 0.6) is 5.75 Å². The highest BCUT2D eigenvalue weighted by atomic mass is 16.5. The summed E-state index contributed by atoms with van der Waals surface area (Å²) in [4.78, 5) is 12.2. The van der Waals surface area contributed by atoms with Crippen molar-refractivity contribution in [3.63, 3.8) is 0 Å². The van der Waals surface area contributed by atoms with E-state index < -0.39 is 0 Å². The second-order valence-electron chi connectivity index (χ2n) is 5.65. The molecule has 1 amide bonds. The zero-order chi connectivity index (χ0) is 14.8. The highest BCUT2D eigenvalue weighted by molar-refractivity contribution is 5.96. The number of carbonyl (C=O) groups is 1. The zero-order valence-electron chi connectivity index (χ0n) is 12.3. The standard InChI is InChI=1S/C16H19N3O2/c1-10(2)7-8-17-16(20)15-12-9-21-13-6-4-3-5-11(13)14(12)18-19-15/h3-6,10H,7-9H2,1-2H3,(H,17,20)(H,18,19). The van der Waals surface area contributed by atoms with E-state index in [1.54, 1.807) is 0 Å². The van der Waals surface area contributed by atoms with Crippen molar-refractivity contribution >= 4 is 5.91 Å². The second kappa shape index (κ2) is 5.60. The summed E-state index contributed by atoms with van der Waals surface area (Å²) < 4.78 is 5.70. The molecule has 2 aromatic rings. The Morgan fingerprint density at radius 2 is 2.24 bits per heavy atom. The van der Waals surface area contributed by atoms with Gasteiger partial charge in [-0.25, -0.2) is 0 Å². The maximum atomic E-state index is 12.2. The Hall–Kier alpha value is -2.30. The van der Waals surface area contributed by atoms with Gasteiger partial charge in [0.25, 0.3) is 5.91 Å². The SMILES string of the molecule is CC(C)CCNC(=O)c1[nH]nc2c1COc1ccccc1-2. The smallest absolute Gasteiger partial charge is 0.269 e. The van der Waals surface area contributed by atoms with E-state index in [2.05, 4.69) is 29.4 Å². The van der Waals surface area contributed by atoms with Crippen LogP contribution in [0.1, 0.15) is 36.3 Å². The lowest BCUT2D eigenvalue weighted by atomic mass is 10.0. The molecule has 2 N–H and O–H groups in total. The van der Waals surface area contributed by atoms with Crippen molar-refractivity contribution in [2.75, 3.05) is 6.54 Å². The maximum Gasteiger partial charge on any atom is 0.269 e. The largest absolute Gasteiger partial charge is 0.488 e. The van der Waals surface area contributed by atoms with Gasteiger partial charge >= 0.3 is 0 Å². The van der Waals surface area contributed by atoms with Gasteiger partial charge in [-0.05, 0) is 24.5 Å². The molecule has 5 heteroatoms. The van der Waals surface area contributed by atoms with E-state index in [0.29, 0.717) is 24.8 Å². The molecule has 0 aliphatic carbocycles. The molecule has 2 heterocycles. The fourth-order valence-corrected chi connectivity index (χ4v) is 2.42. The lowest BCUT2D eigenvalue weighted by molar-refractivity contribution is 0.0944. The van der Waals surface area contributed by atoms with Crippen LogP contribution in [-0.4, -0.2) is 22.6 Å². The van der Waals surface area contributed by atoms with Gasteiger partial charge in [0.05, 0.1) is 0 Å². The van der Waals surface area contributed by atoms with Crippen molar-refractivity contribution in [2.24, 2.45) is 5.92 Å². The van der Waals surface area contributed by atoms with Crippen LogP contribution in [0.25, 0.3) is 11.3 Å². The summed E-state index contributed by atoms with van der Waals surface area (Å²) in [7, 11) is 0. The zero-order valence-corrected chi connectivity index (χ0v) is 12.3. The van der Waals surface area contributed by atoms with Crippen LogP contribution in [0, 0.1) is 5.92 Å². The molecule has 0 radical (unpaired) electrons. The van der Waals surface area contributed by atoms with E-state index in [4.69, 9.17) is 4.74 Å². The van der Waals surface area contributed by atoms with Crippen molar-refractivity contribution in [3.05, 3.63) is 35.5 Å². The summed E-state index contributed by atoms with van der Waals surface area (Å²) in [6.45, 7) is 5.31. The summed E-state index contributed by atoms with van der Waals surface area (Å²) in [5, 5.41) is 10.1. The third-order valence-electron chi connectivity index (χ3n) is 3.62. The number of amides is 1. The van der Waals surface area contributed by atoms with Crippen molar-refractivity contribution in [1.29, 1.82) is 0 Å². The Morgan fingerprint density at radius 3 is 3.05 bits per heavy atom. The minimum absolute atomic E-state index is 0.118. The Kier molecular flexibility index (Phi) is 3.64. The second-order valence-corrected chi connectivity index (χ2v) is 5.65. The molecule has 1 aromatic carbocycles. The normalized spacial score (nSPS) is 12.5. The number of rotatable bonds is 4. The molecular formula is C16H19N3O2. The number of nitrogens with one attached hydrogen (secondary N) is 2. The van der Waals surface area contributed by atoms with Crippen LogP contribution >= 0.6 is 0 Å². The van der Waals surface area contributed by atoms with Crippen LogP contribution in [0.15, 0.2) is 24.3 Å². The number of ether oxygens (including phenoxy) is 1. The summed E-state index contributed by atoms with van der Waals surface area (Å²) in [6, 6.07) is 7.73. The Morgan fingerprint density at radius 1 is 1.43 bits per heavy atom. The molecule has 0 bridgehead atoms. The Labute approximate surface area is 123 Å². The van der Waals surface area contributed by atoms with Gasteiger partial charge in [0, 0.05) is 17.7 Å². The van der Waals surface area contributed by atoms with E-state index in [1.165, 1.54) is 0 Å². The van der Waals surface area contributed by atoms with Gasteiger partial charge in [-0.15, -0.1) is 0 Å². The highest BCUT2D eigenvalue weighted by Gasteiger charge is 2.25. The molecule has 0 spiro atoms. The first kappa shape index (κ1) is 13.7. The number of para-hydroxylation sites is 1. The van der Waals surface area contributed by atoms with E-state index in [0.717, 1.165) is 29.0 Å². The first-order valence-electron chi connectivity index (χ1n) is 7.24. The van der Waals surface area contributed by atoms with E-state index in [9.17, 15) is 4.79 Å². The number of carbonyl (C=O) groups excluding carboxylic acids is 1. The molecule has 0 fully saturated rings. The number of benzene rings is 1. The molecule has 21 heavy (non-hydrogen) atoms. The summed E-state index contributed by atoms with van der Waals surface area (Å²) >= 11 is 0. The molecule has 1 aliphatic heterocycles. The predicted octanol–water partition coefficient (Wildman–Crippen LogP) is 2.75. The van der Waals surface area contributed by atoms with Gasteiger partial charge < -0.3 is 10.1 Å². The minimum atomic E-state index is -0.118. The topological polar surface area (TPSA) is 67.0 Å². The number of hydrogen-bond acceptors (Lipinski definition) is 3. The number of H-pyrrole nitrogens is 1. The molecule has 1 aliphatic rings. The number of aromatic amines is 1. The van der Waals surface area contributed by atoms with Crippen molar-refractivity contribution in [2.45, 2.75) is 26.9 Å². The monoisotopic (exact) mass is 285 g/mol. The van der Waals surface area contributed by atoms with Crippen LogP contribution in [0.3, 0.4) is 0 Å². The number of fused-ring (bicyclic) bond motifs is 3. The predicted molar refractivity (Wildman–Crippen MR) is 80.1 cm³/mol. The molecule has 0 unspecified atom stereocenters. The third kappa shape index (κ3) is 2.63. The van der Waals surface area contributed by atoms with Gasteiger partial charge in [0.2, 0.25) is 0 Å². The molecular weight excluding hydrogens is 266 g/mol. The quantitative estimate of drug-likeness (QED) is 0.907. The first-order valence-corrected chi connectivity index (χ1v) is 7.24. The van der Waals surface area contributed by atoms with Crippen LogP contribution in [0.4, 0.5) is 0 Å². The van der Waals surface area contributed by atoms with Crippen molar-refractivity contribution in [3.8, 4) is 17.0 Å². The van der Waals surface area contributed by atoms with Crippen molar-refractivity contribution < 1.29 is 9.53 Å². The molecule has 1 aromatic heterocycles. The average molecular weight is 285 g/mol. The summed E-state index contributed by atoms with van der Waals surface area (Å²) in [5.41, 5.74) is 3.07. The lowest BCUT2D eigenvalue weighted by Gasteiger charge is -2.17. The summed E-state index contributed by atoms with van der Waals surface area (Å²) in [5.74, 6) is 1.26. The number of aromatic nitrogens is 2. The lowest BCUT2D eigenvalue weighted by Crippen LogP contribution is -2.27. The van der Waals surface area contributed by atoms with Gasteiger partial charge in [0.15, 0.2) is 0 Å². The highest BCUT2D eigenvalue weighted by Crippen LogP contribution is 2.36. The maximum absolute atomic E-state index is 12.2. The molecule has 0 atom stereocenters. The van der Waals surface area contributed by atoms with E-state index in [-0.39, 0.29) is 5.91 Å². The minimum Gasteiger partial charge on any atom is -0.488 e. The van der Waals surface area contributed by atoms with Crippen LogP contribution in [0.2, 0.25) is 0 Å². The van der Waals surface area contributed by atoms with Crippen molar-refractivity contribution in [1.82, 2.24) is 15.5 Å². The van der Waals surface area contributed by atoms with Gasteiger partial charge in [0.1, 0.15) is 23.7 Å². The molecule has 0 saturated heterocycles. The molecule has 3 rings (SSSR count). The molecule has 0 saturated carbocycles. The Balaban J connectivity index is 1.81. The Bertz CT molecular complexity index is 661. The average Bonchev–Trinajstić information content (AvgIpc) is 2.91. The van der Waals surface area contributed by atoms with E-state index >= 15 is 0 Å². The van der Waals surface area contributed by atoms with Gasteiger partial charge in [-0.3, -0.25) is 9.89 Å². The molecule has 5 nitrogen and oxygen atoms in total. The van der Waals surface area contributed by atoms with Gasteiger partial charge in [-0.1, -0.05) is 26.0 Å². The van der Waals surface area contributed by atoms with Crippen LogP contribution < -0.4 is 10.1 Å². The summed E-state index contributed by atoms with van der Waals surface area (Å²) in [6.07, 6.45) is 0.960. The molecule has 110 valence electrons. The van der Waals surface area contributed by atoms with E-state index in [1.807, 2.05) is 24.3 Å². The fraction of sp³-hybridized carbons (Fsp3) is 0.375. The fourth-order valence-electron chi connectivity index (χ4n) is 2.42.